The van der Waals surface area contributed by atoms with Gasteiger partial charge in [-0.2, -0.15) is 0 Å². The van der Waals surface area contributed by atoms with E-state index in [2.05, 4.69) is 22.2 Å². The maximum atomic E-state index is 3.62. The topological polar surface area (TPSA) is 18.5 Å². The Balaban J connectivity index is 1.83. The summed E-state index contributed by atoms with van der Waals surface area (Å²) < 4.78 is 0. The minimum Gasteiger partial charge on any atom is -0.314 e. The molecule has 0 saturated carbocycles. The fraction of sp³-hybridized carbons (Fsp3) is 1.00. The molecule has 86 valence electrons. The summed E-state index contributed by atoms with van der Waals surface area (Å²) in [6, 6.07) is 0. The lowest BCUT2D eigenvalue weighted by Gasteiger charge is -2.57. The number of likely N-dealkylation sites (N-methyl/N-ethyl adjacent to an activating group) is 1. The summed E-state index contributed by atoms with van der Waals surface area (Å²) in [5.74, 6) is 0.915. The number of nitrogens with zero attached hydrogens (tertiary/aromatic N) is 2. The van der Waals surface area contributed by atoms with E-state index in [1.54, 1.807) is 0 Å². The molecular formula is C12H23N3. The highest BCUT2D eigenvalue weighted by Gasteiger charge is 2.47. The molecule has 0 aromatic carbocycles. The fourth-order valence-electron chi connectivity index (χ4n) is 3.90. The molecule has 3 saturated heterocycles. The number of piperidine rings is 2. The SMILES string of the molecule is CN1CCNCC12CCN1CCCC2C1. The van der Waals surface area contributed by atoms with Gasteiger partial charge in [-0.3, -0.25) is 4.90 Å². The van der Waals surface area contributed by atoms with Crippen molar-refractivity contribution in [1.29, 1.82) is 0 Å². The number of rotatable bonds is 0. The van der Waals surface area contributed by atoms with Crippen LogP contribution in [0.3, 0.4) is 0 Å². The third-order valence-corrected chi connectivity index (χ3v) is 4.94. The lowest BCUT2D eigenvalue weighted by molar-refractivity contribution is -0.0498. The Kier molecular flexibility index (Phi) is 2.49. The summed E-state index contributed by atoms with van der Waals surface area (Å²) in [4.78, 5) is 5.32. The fourth-order valence-corrected chi connectivity index (χ4v) is 3.90. The van der Waals surface area contributed by atoms with Gasteiger partial charge in [-0.25, -0.2) is 0 Å². The first-order valence-electron chi connectivity index (χ1n) is 6.46. The van der Waals surface area contributed by atoms with Crippen LogP contribution in [0, 0.1) is 5.92 Å². The molecule has 3 heteroatoms. The molecule has 3 fully saturated rings. The zero-order valence-electron chi connectivity index (χ0n) is 9.84. The maximum absolute atomic E-state index is 3.62. The minimum atomic E-state index is 0.495. The number of piperazine rings is 1. The van der Waals surface area contributed by atoms with Crippen molar-refractivity contribution in [3.8, 4) is 0 Å². The normalized spacial score (nSPS) is 47.0. The van der Waals surface area contributed by atoms with Gasteiger partial charge in [0.15, 0.2) is 0 Å². The van der Waals surface area contributed by atoms with Crippen molar-refractivity contribution in [2.45, 2.75) is 24.8 Å². The van der Waals surface area contributed by atoms with Gasteiger partial charge in [-0.15, -0.1) is 0 Å². The van der Waals surface area contributed by atoms with E-state index in [4.69, 9.17) is 0 Å². The number of nitrogens with one attached hydrogen (secondary N) is 1. The molecule has 3 nitrogen and oxygen atoms in total. The first-order chi connectivity index (χ1) is 7.31. The first kappa shape index (κ1) is 10.1. The van der Waals surface area contributed by atoms with Crippen molar-refractivity contribution < 1.29 is 0 Å². The molecule has 0 aliphatic carbocycles. The summed E-state index contributed by atoms with van der Waals surface area (Å²) >= 11 is 0. The van der Waals surface area contributed by atoms with Crippen molar-refractivity contribution in [3.63, 3.8) is 0 Å². The second-order valence-corrected chi connectivity index (χ2v) is 5.59. The first-order valence-corrected chi connectivity index (χ1v) is 6.46. The van der Waals surface area contributed by atoms with Gasteiger partial charge >= 0.3 is 0 Å². The highest BCUT2D eigenvalue weighted by Crippen LogP contribution is 2.38. The molecule has 15 heavy (non-hydrogen) atoms. The van der Waals surface area contributed by atoms with Crippen LogP contribution in [0.2, 0.25) is 0 Å². The summed E-state index contributed by atoms with van der Waals surface area (Å²) in [6.45, 7) is 7.66. The van der Waals surface area contributed by atoms with Crippen molar-refractivity contribution in [2.24, 2.45) is 5.92 Å². The van der Waals surface area contributed by atoms with Crippen LogP contribution in [0.4, 0.5) is 0 Å². The minimum absolute atomic E-state index is 0.495. The Hall–Kier alpha value is -0.120. The van der Waals surface area contributed by atoms with E-state index in [0.717, 1.165) is 5.92 Å². The van der Waals surface area contributed by atoms with Crippen molar-refractivity contribution in [3.05, 3.63) is 0 Å². The van der Waals surface area contributed by atoms with Gasteiger partial charge in [0.2, 0.25) is 0 Å². The predicted molar refractivity (Wildman–Crippen MR) is 62.0 cm³/mol. The zero-order chi connectivity index (χ0) is 10.3. The van der Waals surface area contributed by atoms with E-state index in [0.29, 0.717) is 5.54 Å². The number of hydrogen-bond acceptors (Lipinski definition) is 3. The highest BCUT2D eigenvalue weighted by atomic mass is 15.3. The molecule has 3 aliphatic rings. The van der Waals surface area contributed by atoms with Crippen molar-refractivity contribution >= 4 is 0 Å². The van der Waals surface area contributed by atoms with E-state index in [1.807, 2.05) is 0 Å². The standard InChI is InChI=1S/C12H23N3/c1-14-8-5-13-10-12(14)4-7-15-6-2-3-11(12)9-15/h11,13H,2-10H2,1H3. The molecule has 3 unspecified atom stereocenters. The lowest BCUT2D eigenvalue weighted by atomic mass is 9.71. The molecule has 3 heterocycles. The molecule has 2 bridgehead atoms. The second kappa shape index (κ2) is 3.72. The average Bonchev–Trinajstić information content (AvgIpc) is 2.28. The summed E-state index contributed by atoms with van der Waals surface area (Å²) in [7, 11) is 2.34. The van der Waals surface area contributed by atoms with Crippen molar-refractivity contribution in [2.75, 3.05) is 46.3 Å². The van der Waals surface area contributed by atoms with Crippen LogP contribution in [0.25, 0.3) is 0 Å². The van der Waals surface area contributed by atoms with Crippen LogP contribution in [0.15, 0.2) is 0 Å². The summed E-state index contributed by atoms with van der Waals surface area (Å²) in [6.07, 6.45) is 4.24. The molecule has 3 atom stereocenters. The lowest BCUT2D eigenvalue weighted by Crippen LogP contribution is -2.69. The number of hydrogen-bond donors (Lipinski definition) is 1. The van der Waals surface area contributed by atoms with Gasteiger partial charge in [-0.05, 0) is 45.3 Å². The Bertz CT molecular complexity index is 243. The van der Waals surface area contributed by atoms with Crippen LogP contribution >= 0.6 is 0 Å². The highest BCUT2D eigenvalue weighted by molar-refractivity contribution is 5.05. The summed E-state index contributed by atoms with van der Waals surface area (Å²) in [5.41, 5.74) is 0.495. The van der Waals surface area contributed by atoms with E-state index < -0.39 is 0 Å². The van der Waals surface area contributed by atoms with Gasteiger partial charge < -0.3 is 10.2 Å². The van der Waals surface area contributed by atoms with Crippen LogP contribution in [-0.4, -0.2) is 61.7 Å². The predicted octanol–water partition coefficient (Wildman–Crippen LogP) is 0.376. The van der Waals surface area contributed by atoms with E-state index in [9.17, 15) is 0 Å². The Morgan fingerprint density at radius 1 is 1.27 bits per heavy atom. The van der Waals surface area contributed by atoms with Crippen LogP contribution in [-0.2, 0) is 0 Å². The van der Waals surface area contributed by atoms with E-state index >= 15 is 0 Å². The molecule has 1 spiro atoms. The van der Waals surface area contributed by atoms with Crippen LogP contribution < -0.4 is 5.32 Å². The van der Waals surface area contributed by atoms with E-state index in [-0.39, 0.29) is 0 Å². The average molecular weight is 209 g/mol. The molecule has 0 radical (unpaired) electrons. The largest absolute Gasteiger partial charge is 0.314 e. The third kappa shape index (κ3) is 1.52. The van der Waals surface area contributed by atoms with Crippen LogP contribution in [0.5, 0.6) is 0 Å². The zero-order valence-corrected chi connectivity index (χ0v) is 9.84. The molecule has 3 aliphatic heterocycles. The van der Waals surface area contributed by atoms with Gasteiger partial charge in [0.05, 0.1) is 0 Å². The molecule has 1 N–H and O–H groups in total. The van der Waals surface area contributed by atoms with Crippen molar-refractivity contribution in [1.82, 2.24) is 15.1 Å². The third-order valence-electron chi connectivity index (χ3n) is 4.94. The molecular weight excluding hydrogens is 186 g/mol. The van der Waals surface area contributed by atoms with Crippen LogP contribution in [0.1, 0.15) is 19.3 Å². The smallest absolute Gasteiger partial charge is 0.0383 e. The molecule has 0 aromatic heterocycles. The molecule has 3 rings (SSSR count). The summed E-state index contributed by atoms with van der Waals surface area (Å²) in [5, 5.41) is 3.62. The molecule has 0 aromatic rings. The Morgan fingerprint density at radius 2 is 2.20 bits per heavy atom. The number of fused-ring (bicyclic) bond motifs is 3. The molecule has 0 amide bonds. The van der Waals surface area contributed by atoms with E-state index in [1.165, 1.54) is 58.5 Å². The Morgan fingerprint density at radius 3 is 3.07 bits per heavy atom. The van der Waals surface area contributed by atoms with Gasteiger partial charge in [0.1, 0.15) is 0 Å². The monoisotopic (exact) mass is 209 g/mol. The Labute approximate surface area is 92.8 Å². The maximum Gasteiger partial charge on any atom is 0.0383 e. The second-order valence-electron chi connectivity index (χ2n) is 5.59. The van der Waals surface area contributed by atoms with Gasteiger partial charge in [0.25, 0.3) is 0 Å². The van der Waals surface area contributed by atoms with Gasteiger partial charge in [0, 0.05) is 31.7 Å². The quantitative estimate of drug-likeness (QED) is 0.622. The van der Waals surface area contributed by atoms with Gasteiger partial charge in [-0.1, -0.05) is 0 Å².